The zero-order valence-corrected chi connectivity index (χ0v) is 6.86. The molecule has 0 aliphatic heterocycles. The Bertz CT molecular complexity index is 280. The minimum atomic E-state index is -0.405. The molecular weight excluding hydrogens is 156 g/mol. The van der Waals surface area contributed by atoms with Crippen molar-refractivity contribution in [1.82, 2.24) is 0 Å². The van der Waals surface area contributed by atoms with Crippen molar-refractivity contribution in [3.8, 4) is 0 Å². The predicted molar refractivity (Wildman–Crippen MR) is 44.4 cm³/mol. The SMILES string of the molecule is C[C@@H]([NH3+])c1ccc([N+](=O)[O-])cc1. The Balaban J connectivity index is 2.93. The van der Waals surface area contributed by atoms with Gasteiger partial charge in [0.05, 0.1) is 4.92 Å². The van der Waals surface area contributed by atoms with Crippen LogP contribution >= 0.6 is 0 Å². The second-order valence-corrected chi connectivity index (χ2v) is 2.75. The average Bonchev–Trinajstić information content (AvgIpc) is 2.04. The van der Waals surface area contributed by atoms with E-state index < -0.39 is 4.92 Å². The second-order valence-electron chi connectivity index (χ2n) is 2.75. The summed E-state index contributed by atoms with van der Waals surface area (Å²) in [5.74, 6) is 0. The summed E-state index contributed by atoms with van der Waals surface area (Å²) in [6, 6.07) is 6.63. The number of non-ortho nitro benzene ring substituents is 1. The molecule has 4 nitrogen and oxygen atoms in total. The molecule has 0 saturated heterocycles. The molecule has 0 spiro atoms. The van der Waals surface area contributed by atoms with Crippen LogP contribution in [0.5, 0.6) is 0 Å². The van der Waals surface area contributed by atoms with Crippen molar-refractivity contribution in [2.24, 2.45) is 0 Å². The summed E-state index contributed by atoms with van der Waals surface area (Å²) in [6.45, 7) is 1.95. The van der Waals surface area contributed by atoms with Gasteiger partial charge in [0.15, 0.2) is 0 Å². The number of nitrogens with zero attached hydrogens (tertiary/aromatic N) is 1. The van der Waals surface area contributed by atoms with Crippen molar-refractivity contribution in [3.05, 3.63) is 39.9 Å². The molecule has 3 N–H and O–H groups in total. The maximum absolute atomic E-state index is 10.3. The summed E-state index contributed by atoms with van der Waals surface area (Å²) in [5, 5.41) is 10.3. The van der Waals surface area contributed by atoms with Crippen LogP contribution in [0.25, 0.3) is 0 Å². The van der Waals surface area contributed by atoms with Gasteiger partial charge in [0.2, 0.25) is 0 Å². The lowest BCUT2D eigenvalue weighted by Gasteiger charge is -2.00. The molecule has 1 atom stereocenters. The maximum Gasteiger partial charge on any atom is 0.269 e. The Morgan fingerprint density at radius 2 is 1.92 bits per heavy atom. The Hall–Kier alpha value is -1.42. The fourth-order valence-electron chi connectivity index (χ4n) is 0.925. The minimum absolute atomic E-state index is 0.124. The lowest BCUT2D eigenvalue weighted by Crippen LogP contribution is -2.51. The van der Waals surface area contributed by atoms with Crippen LogP contribution in [0, 0.1) is 10.1 Å². The maximum atomic E-state index is 10.3. The Morgan fingerprint density at radius 3 is 2.25 bits per heavy atom. The van der Waals surface area contributed by atoms with E-state index in [-0.39, 0.29) is 11.7 Å². The molecule has 0 saturated carbocycles. The molecular formula is C8H11N2O2+. The van der Waals surface area contributed by atoms with Gasteiger partial charge < -0.3 is 5.73 Å². The van der Waals surface area contributed by atoms with Gasteiger partial charge in [0, 0.05) is 17.7 Å². The third kappa shape index (κ3) is 1.79. The number of hydrogen-bond acceptors (Lipinski definition) is 2. The molecule has 12 heavy (non-hydrogen) atoms. The molecule has 0 amide bonds. The summed E-state index contributed by atoms with van der Waals surface area (Å²) in [6.07, 6.45) is 0. The fraction of sp³-hybridized carbons (Fsp3) is 0.250. The van der Waals surface area contributed by atoms with E-state index in [2.05, 4.69) is 5.73 Å². The van der Waals surface area contributed by atoms with Crippen LogP contribution < -0.4 is 5.73 Å². The van der Waals surface area contributed by atoms with Crippen molar-refractivity contribution >= 4 is 5.69 Å². The van der Waals surface area contributed by atoms with E-state index in [1.807, 2.05) is 6.92 Å². The number of rotatable bonds is 2. The quantitative estimate of drug-likeness (QED) is 0.525. The minimum Gasteiger partial charge on any atom is -0.352 e. The first kappa shape index (κ1) is 8.67. The number of quaternary nitrogens is 1. The van der Waals surface area contributed by atoms with E-state index in [4.69, 9.17) is 0 Å². The molecule has 1 aromatic rings. The Morgan fingerprint density at radius 1 is 1.42 bits per heavy atom. The van der Waals surface area contributed by atoms with Crippen LogP contribution in [0.3, 0.4) is 0 Å². The van der Waals surface area contributed by atoms with Crippen molar-refractivity contribution in [2.45, 2.75) is 13.0 Å². The van der Waals surface area contributed by atoms with Gasteiger partial charge in [-0.15, -0.1) is 0 Å². The standard InChI is InChI=1S/C8H10N2O2/c1-6(9)7-2-4-8(5-3-7)10(11)12/h2-6H,9H2,1H3/p+1/t6-/m1/s1. The number of nitro benzene ring substituents is 1. The highest BCUT2D eigenvalue weighted by molar-refractivity contribution is 5.33. The van der Waals surface area contributed by atoms with E-state index in [0.29, 0.717) is 0 Å². The molecule has 4 heteroatoms. The number of hydrogen-bond donors (Lipinski definition) is 1. The molecule has 64 valence electrons. The highest BCUT2D eigenvalue weighted by atomic mass is 16.6. The first-order chi connectivity index (χ1) is 5.61. The molecule has 0 heterocycles. The lowest BCUT2D eigenvalue weighted by molar-refractivity contribution is -0.420. The Labute approximate surface area is 70.2 Å². The number of nitro groups is 1. The van der Waals surface area contributed by atoms with Gasteiger partial charge in [-0.2, -0.15) is 0 Å². The van der Waals surface area contributed by atoms with Crippen LogP contribution in [0.15, 0.2) is 24.3 Å². The monoisotopic (exact) mass is 167 g/mol. The van der Waals surface area contributed by atoms with Gasteiger partial charge in [-0.05, 0) is 19.1 Å². The van der Waals surface area contributed by atoms with Crippen LogP contribution in [0.1, 0.15) is 18.5 Å². The van der Waals surface area contributed by atoms with E-state index in [0.717, 1.165) is 5.56 Å². The molecule has 0 fully saturated rings. The molecule has 0 aliphatic rings. The van der Waals surface area contributed by atoms with Gasteiger partial charge in [0.1, 0.15) is 6.04 Å². The molecule has 0 radical (unpaired) electrons. The Kier molecular flexibility index (Phi) is 2.40. The van der Waals surface area contributed by atoms with Crippen LogP contribution in [-0.4, -0.2) is 4.92 Å². The summed E-state index contributed by atoms with van der Waals surface area (Å²) in [5.41, 5.74) is 4.95. The van der Waals surface area contributed by atoms with Crippen molar-refractivity contribution in [3.63, 3.8) is 0 Å². The van der Waals surface area contributed by atoms with E-state index >= 15 is 0 Å². The van der Waals surface area contributed by atoms with E-state index in [9.17, 15) is 10.1 Å². The third-order valence-electron chi connectivity index (χ3n) is 1.67. The zero-order chi connectivity index (χ0) is 9.14. The van der Waals surface area contributed by atoms with Crippen molar-refractivity contribution < 1.29 is 10.7 Å². The third-order valence-corrected chi connectivity index (χ3v) is 1.67. The highest BCUT2D eigenvalue weighted by Crippen LogP contribution is 2.14. The highest BCUT2D eigenvalue weighted by Gasteiger charge is 2.06. The van der Waals surface area contributed by atoms with Gasteiger partial charge in [-0.25, -0.2) is 0 Å². The molecule has 1 aromatic carbocycles. The summed E-state index contributed by atoms with van der Waals surface area (Å²) < 4.78 is 0. The fourth-order valence-corrected chi connectivity index (χ4v) is 0.925. The average molecular weight is 167 g/mol. The summed E-state index contributed by atoms with van der Waals surface area (Å²) >= 11 is 0. The van der Waals surface area contributed by atoms with Crippen LogP contribution in [-0.2, 0) is 0 Å². The van der Waals surface area contributed by atoms with Gasteiger partial charge in [-0.1, -0.05) is 0 Å². The van der Waals surface area contributed by atoms with Crippen molar-refractivity contribution in [2.75, 3.05) is 0 Å². The largest absolute Gasteiger partial charge is 0.352 e. The smallest absolute Gasteiger partial charge is 0.269 e. The lowest BCUT2D eigenvalue weighted by atomic mass is 10.1. The van der Waals surface area contributed by atoms with E-state index in [1.54, 1.807) is 12.1 Å². The molecule has 0 aliphatic carbocycles. The number of benzene rings is 1. The summed E-state index contributed by atoms with van der Waals surface area (Å²) in [4.78, 5) is 9.87. The second kappa shape index (κ2) is 3.32. The van der Waals surface area contributed by atoms with E-state index in [1.165, 1.54) is 12.1 Å². The van der Waals surface area contributed by atoms with Gasteiger partial charge in [-0.3, -0.25) is 10.1 Å². The van der Waals surface area contributed by atoms with Crippen molar-refractivity contribution in [1.29, 1.82) is 0 Å². The van der Waals surface area contributed by atoms with Gasteiger partial charge >= 0.3 is 0 Å². The molecule has 0 aromatic heterocycles. The normalized spacial score (nSPS) is 12.5. The topological polar surface area (TPSA) is 70.8 Å². The van der Waals surface area contributed by atoms with Gasteiger partial charge in [0.25, 0.3) is 5.69 Å². The molecule has 1 rings (SSSR count). The molecule has 0 unspecified atom stereocenters. The van der Waals surface area contributed by atoms with Crippen LogP contribution in [0.4, 0.5) is 5.69 Å². The summed E-state index contributed by atoms with van der Waals surface area (Å²) in [7, 11) is 0. The molecule has 0 bridgehead atoms. The van der Waals surface area contributed by atoms with Crippen LogP contribution in [0.2, 0.25) is 0 Å². The first-order valence-corrected chi connectivity index (χ1v) is 3.68. The zero-order valence-electron chi connectivity index (χ0n) is 6.86. The first-order valence-electron chi connectivity index (χ1n) is 3.68. The predicted octanol–water partition coefficient (Wildman–Crippen LogP) is 0.898.